The zero-order valence-electron chi connectivity index (χ0n) is 14.6. The molecule has 0 radical (unpaired) electrons. The molecule has 2 aromatic carbocycles. The average Bonchev–Trinajstić information content (AvgIpc) is 2.66. The molecule has 0 spiro atoms. The summed E-state index contributed by atoms with van der Waals surface area (Å²) in [4.78, 5) is 12.5. The molecule has 1 aliphatic heterocycles. The van der Waals surface area contributed by atoms with E-state index < -0.39 is 15.9 Å². The van der Waals surface area contributed by atoms with E-state index in [1.807, 2.05) is 0 Å². The lowest BCUT2D eigenvalue weighted by Gasteiger charge is -2.21. The van der Waals surface area contributed by atoms with Crippen LogP contribution >= 0.6 is 15.9 Å². The van der Waals surface area contributed by atoms with Crippen LogP contribution in [0.25, 0.3) is 0 Å². The first-order valence-electron chi connectivity index (χ1n) is 8.35. The number of anilines is 1. The molecule has 0 fully saturated rings. The van der Waals surface area contributed by atoms with Gasteiger partial charge >= 0.3 is 0 Å². The van der Waals surface area contributed by atoms with Gasteiger partial charge in [-0.1, -0.05) is 28.9 Å². The highest BCUT2D eigenvalue weighted by atomic mass is 79.9. The second-order valence-electron chi connectivity index (χ2n) is 5.80. The quantitative estimate of drug-likeness (QED) is 0.724. The van der Waals surface area contributed by atoms with Gasteiger partial charge in [0.1, 0.15) is 13.2 Å². The Bertz CT molecular complexity index is 949. The van der Waals surface area contributed by atoms with Gasteiger partial charge in [-0.15, -0.1) is 0 Å². The number of likely N-dealkylation sites (N-methyl/N-ethyl adjacent to an activating group) is 1. The molecule has 2 aromatic rings. The van der Waals surface area contributed by atoms with Crippen LogP contribution in [0.1, 0.15) is 6.92 Å². The van der Waals surface area contributed by atoms with E-state index in [1.165, 1.54) is 12.1 Å². The number of hydrogen-bond acceptors (Lipinski definition) is 5. The van der Waals surface area contributed by atoms with Crippen molar-refractivity contribution in [3.8, 4) is 11.5 Å². The summed E-state index contributed by atoms with van der Waals surface area (Å²) in [5.41, 5.74) is 0.514. The first-order valence-corrected chi connectivity index (χ1v) is 10.6. The van der Waals surface area contributed by atoms with Crippen LogP contribution in [-0.2, 0) is 14.8 Å². The highest BCUT2D eigenvalue weighted by Crippen LogP contribution is 2.32. The molecule has 1 aliphatic rings. The van der Waals surface area contributed by atoms with Crippen LogP contribution in [0.3, 0.4) is 0 Å². The van der Waals surface area contributed by atoms with Gasteiger partial charge in [-0.2, -0.15) is 4.31 Å². The zero-order valence-corrected chi connectivity index (χ0v) is 17.0. The van der Waals surface area contributed by atoms with Crippen LogP contribution in [0.2, 0.25) is 0 Å². The van der Waals surface area contributed by atoms with E-state index in [2.05, 4.69) is 21.2 Å². The molecule has 9 heteroatoms. The molecule has 1 amide bonds. The highest BCUT2D eigenvalue weighted by molar-refractivity contribution is 9.10. The molecule has 3 rings (SSSR count). The summed E-state index contributed by atoms with van der Waals surface area (Å²) in [5, 5.41) is 2.70. The van der Waals surface area contributed by atoms with Gasteiger partial charge in [0.2, 0.25) is 15.9 Å². The third-order valence-corrected chi connectivity index (χ3v) is 6.34. The standard InChI is InChI=1S/C18H19BrN2O5S/c1-2-21(27(23,24)15-5-3-4-13(19)10-15)12-18(22)20-14-6-7-16-17(11-14)26-9-8-25-16/h3-7,10-11H,2,8-9,12H2,1H3,(H,20,22). The van der Waals surface area contributed by atoms with Crippen molar-refractivity contribution in [3.63, 3.8) is 0 Å². The number of carbonyl (C=O) groups excluding carboxylic acids is 1. The smallest absolute Gasteiger partial charge is 0.243 e. The lowest BCUT2D eigenvalue weighted by atomic mass is 10.2. The van der Waals surface area contributed by atoms with E-state index >= 15 is 0 Å². The van der Waals surface area contributed by atoms with Crippen molar-refractivity contribution in [2.45, 2.75) is 11.8 Å². The van der Waals surface area contributed by atoms with E-state index in [0.29, 0.717) is 34.9 Å². The van der Waals surface area contributed by atoms with Crippen molar-refractivity contribution in [2.24, 2.45) is 0 Å². The van der Waals surface area contributed by atoms with Crippen molar-refractivity contribution in [3.05, 3.63) is 46.9 Å². The molecule has 0 aromatic heterocycles. The number of nitrogens with zero attached hydrogens (tertiary/aromatic N) is 1. The minimum atomic E-state index is -3.78. The van der Waals surface area contributed by atoms with Crippen molar-refractivity contribution in [1.82, 2.24) is 4.31 Å². The lowest BCUT2D eigenvalue weighted by Crippen LogP contribution is -2.37. The normalized spacial score (nSPS) is 13.4. The second kappa shape index (κ2) is 8.28. The summed E-state index contributed by atoms with van der Waals surface area (Å²) in [6, 6.07) is 11.4. The number of nitrogens with one attached hydrogen (secondary N) is 1. The predicted octanol–water partition coefficient (Wildman–Crippen LogP) is 2.87. The Hall–Kier alpha value is -2.10. The van der Waals surface area contributed by atoms with E-state index in [1.54, 1.807) is 37.3 Å². The molecular formula is C18H19BrN2O5S. The maximum absolute atomic E-state index is 12.8. The van der Waals surface area contributed by atoms with Crippen molar-refractivity contribution in [1.29, 1.82) is 0 Å². The average molecular weight is 455 g/mol. The fraction of sp³-hybridized carbons (Fsp3) is 0.278. The Balaban J connectivity index is 1.72. The van der Waals surface area contributed by atoms with Gasteiger partial charge in [-0.05, 0) is 30.3 Å². The van der Waals surface area contributed by atoms with E-state index in [-0.39, 0.29) is 18.0 Å². The number of amides is 1. The molecule has 144 valence electrons. The number of benzene rings is 2. The third kappa shape index (κ3) is 4.60. The first kappa shape index (κ1) is 19.7. The van der Waals surface area contributed by atoms with Gasteiger partial charge in [-0.25, -0.2) is 8.42 Å². The second-order valence-corrected chi connectivity index (χ2v) is 8.65. The van der Waals surface area contributed by atoms with Crippen LogP contribution in [0.5, 0.6) is 11.5 Å². The van der Waals surface area contributed by atoms with Gasteiger partial charge in [0.05, 0.1) is 11.4 Å². The SMILES string of the molecule is CCN(CC(=O)Nc1ccc2c(c1)OCCO2)S(=O)(=O)c1cccc(Br)c1. The molecule has 0 unspecified atom stereocenters. The third-order valence-electron chi connectivity index (χ3n) is 3.93. The monoisotopic (exact) mass is 454 g/mol. The molecule has 0 saturated carbocycles. The molecule has 0 saturated heterocycles. The summed E-state index contributed by atoms with van der Waals surface area (Å²) in [6.45, 7) is 2.49. The molecular weight excluding hydrogens is 436 g/mol. The maximum Gasteiger partial charge on any atom is 0.243 e. The summed E-state index contributed by atoms with van der Waals surface area (Å²) in [6.07, 6.45) is 0. The molecule has 1 heterocycles. The molecule has 0 aliphatic carbocycles. The Kier molecular flexibility index (Phi) is 6.03. The number of rotatable bonds is 6. The van der Waals surface area contributed by atoms with Crippen molar-refractivity contribution >= 4 is 37.5 Å². The van der Waals surface area contributed by atoms with Gasteiger partial charge in [0.25, 0.3) is 0 Å². The number of hydrogen-bond donors (Lipinski definition) is 1. The maximum atomic E-state index is 12.8. The van der Waals surface area contributed by atoms with E-state index in [4.69, 9.17) is 9.47 Å². The number of halogens is 1. The Labute approximate surface area is 166 Å². The summed E-state index contributed by atoms with van der Waals surface area (Å²) in [7, 11) is -3.78. The van der Waals surface area contributed by atoms with Crippen molar-refractivity contribution < 1.29 is 22.7 Å². The molecule has 7 nitrogen and oxygen atoms in total. The predicted molar refractivity (Wildman–Crippen MR) is 105 cm³/mol. The Morgan fingerprint density at radius 3 is 2.59 bits per heavy atom. The van der Waals surface area contributed by atoms with Crippen LogP contribution in [0.15, 0.2) is 51.8 Å². The number of ether oxygens (including phenoxy) is 2. The van der Waals surface area contributed by atoms with Crippen LogP contribution in [0.4, 0.5) is 5.69 Å². The van der Waals surface area contributed by atoms with Crippen molar-refractivity contribution in [2.75, 3.05) is 31.6 Å². The minimum absolute atomic E-state index is 0.130. The highest BCUT2D eigenvalue weighted by Gasteiger charge is 2.25. The Morgan fingerprint density at radius 2 is 1.89 bits per heavy atom. The summed E-state index contributed by atoms with van der Waals surface area (Å²) >= 11 is 3.27. The molecule has 1 N–H and O–H groups in total. The number of sulfonamides is 1. The first-order chi connectivity index (χ1) is 12.9. The van der Waals surface area contributed by atoms with E-state index in [9.17, 15) is 13.2 Å². The minimum Gasteiger partial charge on any atom is -0.486 e. The molecule has 0 atom stereocenters. The van der Waals surface area contributed by atoms with Gasteiger partial charge < -0.3 is 14.8 Å². The van der Waals surface area contributed by atoms with Gasteiger partial charge in [0, 0.05) is 22.8 Å². The van der Waals surface area contributed by atoms with Crippen LogP contribution in [-0.4, -0.2) is 44.9 Å². The van der Waals surface area contributed by atoms with E-state index in [0.717, 1.165) is 4.31 Å². The van der Waals surface area contributed by atoms with Crippen LogP contribution in [0, 0.1) is 0 Å². The largest absolute Gasteiger partial charge is 0.486 e. The summed E-state index contributed by atoms with van der Waals surface area (Å²) in [5.74, 6) is 0.729. The topological polar surface area (TPSA) is 84.9 Å². The number of carbonyl (C=O) groups is 1. The fourth-order valence-corrected chi connectivity index (χ4v) is 4.63. The number of fused-ring (bicyclic) bond motifs is 1. The molecule has 0 bridgehead atoms. The fourth-order valence-electron chi connectivity index (χ4n) is 2.63. The van der Waals surface area contributed by atoms with Gasteiger partial charge in [0.15, 0.2) is 11.5 Å². The van der Waals surface area contributed by atoms with Crippen LogP contribution < -0.4 is 14.8 Å². The summed E-state index contributed by atoms with van der Waals surface area (Å²) < 4.78 is 38.3. The molecule has 27 heavy (non-hydrogen) atoms. The lowest BCUT2D eigenvalue weighted by molar-refractivity contribution is -0.116. The van der Waals surface area contributed by atoms with Gasteiger partial charge in [-0.3, -0.25) is 4.79 Å². The Morgan fingerprint density at radius 1 is 1.15 bits per heavy atom. The zero-order chi connectivity index (χ0) is 19.4.